The summed E-state index contributed by atoms with van der Waals surface area (Å²) in [6, 6.07) is 7.22. The Hall–Kier alpha value is -3.01. The number of halogens is 1. The second-order valence-corrected chi connectivity index (χ2v) is 5.20. The Balaban J connectivity index is 2.69. The lowest BCUT2D eigenvalue weighted by atomic mass is 10.1. The fourth-order valence-electron chi connectivity index (χ4n) is 2.14. The molecule has 6 nitrogen and oxygen atoms in total. The molecule has 0 aliphatic heterocycles. The summed E-state index contributed by atoms with van der Waals surface area (Å²) >= 11 is 0. The molecule has 7 heteroatoms. The Kier molecular flexibility index (Phi) is 4.55. The molecular formula is C16H15FN4O2. The van der Waals surface area contributed by atoms with E-state index in [9.17, 15) is 19.6 Å². The van der Waals surface area contributed by atoms with E-state index in [0.29, 0.717) is 0 Å². The number of nitriles is 1. The van der Waals surface area contributed by atoms with E-state index in [4.69, 9.17) is 0 Å². The topological polar surface area (TPSA) is 90.7 Å². The van der Waals surface area contributed by atoms with Gasteiger partial charge in [0.05, 0.1) is 0 Å². The molecule has 0 saturated heterocycles. The minimum absolute atomic E-state index is 0.0195. The summed E-state index contributed by atoms with van der Waals surface area (Å²) in [5.41, 5.74) is -0.563. The second kappa shape index (κ2) is 6.40. The predicted octanol–water partition coefficient (Wildman–Crippen LogP) is 3.87. The van der Waals surface area contributed by atoms with Gasteiger partial charge in [-0.15, -0.1) is 10.2 Å². The van der Waals surface area contributed by atoms with E-state index in [1.54, 1.807) is 19.9 Å². The number of pyridine rings is 1. The molecule has 0 fully saturated rings. The van der Waals surface area contributed by atoms with Crippen LogP contribution in [0, 0.1) is 24.1 Å². The van der Waals surface area contributed by atoms with Crippen LogP contribution in [0.1, 0.15) is 31.0 Å². The van der Waals surface area contributed by atoms with Crippen molar-refractivity contribution in [1.29, 1.82) is 5.26 Å². The van der Waals surface area contributed by atoms with Crippen LogP contribution in [-0.4, -0.2) is 9.67 Å². The average molecular weight is 314 g/mol. The van der Waals surface area contributed by atoms with E-state index in [1.807, 2.05) is 6.07 Å². The van der Waals surface area contributed by atoms with Gasteiger partial charge in [-0.3, -0.25) is 9.36 Å². The number of aromatic hydroxyl groups is 1. The van der Waals surface area contributed by atoms with Crippen molar-refractivity contribution >= 4 is 11.4 Å². The summed E-state index contributed by atoms with van der Waals surface area (Å²) in [6.45, 7) is 4.87. The fourth-order valence-corrected chi connectivity index (χ4v) is 2.14. The van der Waals surface area contributed by atoms with E-state index in [0.717, 1.165) is 4.57 Å². The van der Waals surface area contributed by atoms with Gasteiger partial charge in [-0.25, -0.2) is 4.39 Å². The Bertz CT molecular complexity index is 879. The van der Waals surface area contributed by atoms with Crippen molar-refractivity contribution in [2.75, 3.05) is 0 Å². The second-order valence-electron chi connectivity index (χ2n) is 5.20. The minimum Gasteiger partial charge on any atom is -0.493 e. The van der Waals surface area contributed by atoms with Crippen LogP contribution in [0.5, 0.6) is 5.88 Å². The minimum atomic E-state index is -0.589. The molecule has 0 aliphatic carbocycles. The van der Waals surface area contributed by atoms with Crippen LogP contribution in [0.4, 0.5) is 15.8 Å². The van der Waals surface area contributed by atoms with E-state index in [-0.39, 0.29) is 28.5 Å². The zero-order valence-corrected chi connectivity index (χ0v) is 12.9. The maximum atomic E-state index is 13.6. The zero-order chi connectivity index (χ0) is 17.1. The lowest BCUT2D eigenvalue weighted by Crippen LogP contribution is -2.23. The molecule has 0 bridgehead atoms. The summed E-state index contributed by atoms with van der Waals surface area (Å²) in [6.07, 6.45) is 0. The lowest BCUT2D eigenvalue weighted by molar-refractivity contribution is 0.386. The molecule has 0 saturated carbocycles. The highest BCUT2D eigenvalue weighted by atomic mass is 19.1. The van der Waals surface area contributed by atoms with Gasteiger partial charge in [-0.05, 0) is 32.9 Å². The molecule has 23 heavy (non-hydrogen) atoms. The van der Waals surface area contributed by atoms with Gasteiger partial charge in [0.2, 0.25) is 5.88 Å². The molecule has 1 aromatic carbocycles. The number of aromatic nitrogens is 1. The summed E-state index contributed by atoms with van der Waals surface area (Å²) in [4.78, 5) is 12.5. The molecule has 2 aromatic rings. The van der Waals surface area contributed by atoms with Crippen molar-refractivity contribution in [3.8, 4) is 11.9 Å². The van der Waals surface area contributed by atoms with Crippen molar-refractivity contribution in [2.45, 2.75) is 26.8 Å². The molecule has 118 valence electrons. The molecule has 0 atom stereocenters. The average Bonchev–Trinajstić information content (AvgIpc) is 2.48. The summed E-state index contributed by atoms with van der Waals surface area (Å²) in [7, 11) is 0. The number of nitrogens with zero attached hydrogens (tertiary/aromatic N) is 4. The molecule has 0 unspecified atom stereocenters. The third kappa shape index (κ3) is 2.97. The fraction of sp³-hybridized carbons (Fsp3) is 0.250. The van der Waals surface area contributed by atoms with Crippen molar-refractivity contribution in [3.63, 3.8) is 0 Å². The summed E-state index contributed by atoms with van der Waals surface area (Å²) in [5.74, 6) is -0.979. The molecule has 0 amide bonds. The molecule has 2 rings (SSSR count). The standard InChI is InChI=1S/C16H15FN4O2/c1-9(2)21-15(22)11(8-18)10(3)14(16(21)23)20-19-13-7-5-4-6-12(13)17/h4-7,9,22H,1-3H3. The van der Waals surface area contributed by atoms with Crippen LogP contribution < -0.4 is 5.56 Å². The maximum Gasteiger partial charge on any atom is 0.281 e. The predicted molar refractivity (Wildman–Crippen MR) is 82.8 cm³/mol. The highest BCUT2D eigenvalue weighted by Gasteiger charge is 2.20. The number of rotatable bonds is 3. The smallest absolute Gasteiger partial charge is 0.281 e. The van der Waals surface area contributed by atoms with Crippen LogP contribution in [-0.2, 0) is 0 Å². The normalized spacial score (nSPS) is 11.1. The van der Waals surface area contributed by atoms with Crippen LogP contribution in [0.25, 0.3) is 0 Å². The van der Waals surface area contributed by atoms with Gasteiger partial charge in [0.1, 0.15) is 17.3 Å². The molecule has 0 aliphatic rings. The zero-order valence-electron chi connectivity index (χ0n) is 12.9. The van der Waals surface area contributed by atoms with Crippen molar-refractivity contribution in [1.82, 2.24) is 4.57 Å². The van der Waals surface area contributed by atoms with Crippen molar-refractivity contribution < 1.29 is 9.50 Å². The molecular weight excluding hydrogens is 299 g/mol. The first-order chi connectivity index (χ1) is 10.9. The first kappa shape index (κ1) is 16.4. The van der Waals surface area contributed by atoms with Crippen molar-refractivity contribution in [3.05, 3.63) is 51.6 Å². The van der Waals surface area contributed by atoms with Gasteiger partial charge < -0.3 is 5.11 Å². The van der Waals surface area contributed by atoms with Gasteiger partial charge in [-0.2, -0.15) is 5.26 Å². The quantitative estimate of drug-likeness (QED) is 0.872. The van der Waals surface area contributed by atoms with Gasteiger partial charge in [0, 0.05) is 11.6 Å². The molecule has 0 radical (unpaired) electrons. The Labute approximate surface area is 132 Å². The first-order valence-electron chi connectivity index (χ1n) is 6.92. The number of azo groups is 1. The van der Waals surface area contributed by atoms with Crippen molar-refractivity contribution in [2.24, 2.45) is 10.2 Å². The van der Waals surface area contributed by atoms with Gasteiger partial charge in [0.25, 0.3) is 5.56 Å². The number of hydrogen-bond donors (Lipinski definition) is 1. The van der Waals surface area contributed by atoms with E-state index in [1.165, 1.54) is 25.1 Å². The van der Waals surface area contributed by atoms with Crippen LogP contribution in [0.15, 0.2) is 39.3 Å². The monoisotopic (exact) mass is 314 g/mol. The molecule has 1 aromatic heterocycles. The molecule has 1 N–H and O–H groups in total. The Morgan fingerprint density at radius 2 is 1.96 bits per heavy atom. The number of hydrogen-bond acceptors (Lipinski definition) is 5. The third-order valence-corrected chi connectivity index (χ3v) is 3.34. The van der Waals surface area contributed by atoms with Crippen LogP contribution in [0.2, 0.25) is 0 Å². The van der Waals surface area contributed by atoms with Crippen LogP contribution >= 0.6 is 0 Å². The highest BCUT2D eigenvalue weighted by molar-refractivity contribution is 5.57. The summed E-state index contributed by atoms with van der Waals surface area (Å²) in [5, 5.41) is 26.8. The van der Waals surface area contributed by atoms with E-state index < -0.39 is 17.3 Å². The first-order valence-corrected chi connectivity index (χ1v) is 6.92. The Morgan fingerprint density at radius 1 is 1.30 bits per heavy atom. The SMILES string of the molecule is Cc1c(C#N)c(O)n(C(C)C)c(=O)c1N=Nc1ccccc1F. The number of benzene rings is 1. The van der Waals surface area contributed by atoms with Gasteiger partial charge in [-0.1, -0.05) is 12.1 Å². The molecule has 0 spiro atoms. The van der Waals surface area contributed by atoms with E-state index in [2.05, 4.69) is 10.2 Å². The maximum absolute atomic E-state index is 13.6. The lowest BCUT2D eigenvalue weighted by Gasteiger charge is -2.15. The highest BCUT2D eigenvalue weighted by Crippen LogP contribution is 2.29. The Morgan fingerprint density at radius 3 is 2.52 bits per heavy atom. The summed E-state index contributed by atoms with van der Waals surface area (Å²) < 4.78 is 14.6. The third-order valence-electron chi connectivity index (χ3n) is 3.34. The van der Waals surface area contributed by atoms with Gasteiger partial charge >= 0.3 is 0 Å². The largest absolute Gasteiger partial charge is 0.493 e. The van der Waals surface area contributed by atoms with Crippen LogP contribution in [0.3, 0.4) is 0 Å². The van der Waals surface area contributed by atoms with Gasteiger partial charge in [0.15, 0.2) is 11.5 Å². The van der Waals surface area contributed by atoms with E-state index >= 15 is 0 Å². The molecule has 1 heterocycles.